The molecule has 0 radical (unpaired) electrons. The highest BCUT2D eigenvalue weighted by molar-refractivity contribution is 5.89. The summed E-state index contributed by atoms with van der Waals surface area (Å²) in [6.45, 7) is 9.77. The number of rotatable bonds is 6. The van der Waals surface area contributed by atoms with Crippen LogP contribution in [0.3, 0.4) is 0 Å². The molecule has 0 aromatic rings. The molecule has 7 atom stereocenters. The van der Waals surface area contributed by atoms with Gasteiger partial charge in [0, 0.05) is 0 Å². The van der Waals surface area contributed by atoms with Crippen molar-refractivity contribution in [2.45, 2.75) is 110 Å². The van der Waals surface area contributed by atoms with E-state index in [1.807, 2.05) is 0 Å². The summed E-state index contributed by atoms with van der Waals surface area (Å²) in [6, 6.07) is 0. The molecule has 0 heterocycles. The average Bonchev–Trinajstić information content (AvgIpc) is 3.04. The molecule has 3 aliphatic carbocycles. The Balaban J connectivity index is 1.72. The van der Waals surface area contributed by atoms with Crippen LogP contribution >= 0.6 is 0 Å². The first-order valence-electron chi connectivity index (χ1n) is 12.5. The average molecular weight is 433 g/mol. The van der Waals surface area contributed by atoms with E-state index >= 15 is 0 Å². The minimum absolute atomic E-state index is 0.188. The van der Waals surface area contributed by atoms with Gasteiger partial charge >= 0.3 is 0 Å². The summed E-state index contributed by atoms with van der Waals surface area (Å²) in [5, 5.41) is 30.5. The van der Waals surface area contributed by atoms with Gasteiger partial charge in [-0.1, -0.05) is 44.1 Å². The number of carbonyl (C=O) groups excluding carboxylic acids is 1. The van der Waals surface area contributed by atoms with E-state index in [1.165, 1.54) is 38.7 Å². The molecule has 0 spiro atoms. The largest absolute Gasteiger partial charge is 0.393 e. The van der Waals surface area contributed by atoms with Gasteiger partial charge in [-0.15, -0.1) is 0 Å². The van der Waals surface area contributed by atoms with E-state index in [1.54, 1.807) is 5.57 Å². The minimum Gasteiger partial charge on any atom is -0.393 e. The normalized spacial score (nSPS) is 38.8. The maximum atomic E-state index is 12.3. The van der Waals surface area contributed by atoms with Crippen LogP contribution in [0.1, 0.15) is 92.4 Å². The Hall–Kier alpha value is -0.970. The Morgan fingerprint density at radius 2 is 1.87 bits per heavy atom. The number of Topliss-reactive ketones (excluding diaryl/α,β-unsaturated/α-hetero) is 1. The van der Waals surface area contributed by atoms with Gasteiger partial charge in [-0.3, -0.25) is 4.79 Å². The molecule has 0 aromatic carbocycles. The third-order valence-electron chi connectivity index (χ3n) is 8.77. The van der Waals surface area contributed by atoms with Crippen molar-refractivity contribution >= 4 is 5.78 Å². The van der Waals surface area contributed by atoms with Crippen molar-refractivity contribution in [3.8, 4) is 0 Å². The predicted molar refractivity (Wildman–Crippen MR) is 124 cm³/mol. The summed E-state index contributed by atoms with van der Waals surface area (Å²) in [6.07, 6.45) is 12.5. The van der Waals surface area contributed by atoms with Crippen molar-refractivity contribution in [3.63, 3.8) is 0 Å². The molecule has 31 heavy (non-hydrogen) atoms. The van der Waals surface area contributed by atoms with Crippen LogP contribution in [0.15, 0.2) is 23.3 Å². The summed E-state index contributed by atoms with van der Waals surface area (Å²) in [7, 11) is 0. The third-order valence-corrected chi connectivity index (χ3v) is 8.77. The lowest BCUT2D eigenvalue weighted by molar-refractivity contribution is -0.144. The van der Waals surface area contributed by atoms with Crippen LogP contribution in [0.2, 0.25) is 0 Å². The van der Waals surface area contributed by atoms with Gasteiger partial charge in [0.05, 0.1) is 6.10 Å². The molecule has 3 rings (SSSR count). The van der Waals surface area contributed by atoms with Crippen LogP contribution in [0.5, 0.6) is 0 Å². The Kier molecular flexibility index (Phi) is 7.55. The molecule has 3 fully saturated rings. The number of carbonyl (C=O) groups is 1. The molecule has 4 nitrogen and oxygen atoms in total. The number of allylic oxidation sites excluding steroid dienone is 3. The highest BCUT2D eigenvalue weighted by Gasteiger charge is 2.51. The van der Waals surface area contributed by atoms with Gasteiger partial charge in [-0.05, 0) is 101 Å². The molecule has 3 aliphatic rings. The number of fused-ring (bicyclic) bond motifs is 1. The molecule has 3 N–H and O–H groups in total. The molecule has 176 valence electrons. The SMILES string of the molecule is CC1CCC(O)CC1=CC=C1CCCC2(C)C1CCC2C(C)CC(O)C(=O)C(C)(C)O. The van der Waals surface area contributed by atoms with Crippen LogP contribution in [0, 0.1) is 29.1 Å². The van der Waals surface area contributed by atoms with Crippen LogP contribution < -0.4 is 0 Å². The van der Waals surface area contributed by atoms with Gasteiger partial charge in [0.1, 0.15) is 11.7 Å². The number of aliphatic hydroxyl groups excluding tert-OH is 2. The zero-order valence-corrected chi connectivity index (χ0v) is 20.2. The quantitative estimate of drug-likeness (QED) is 0.554. The third kappa shape index (κ3) is 5.34. The topological polar surface area (TPSA) is 77.8 Å². The Bertz CT molecular complexity index is 715. The van der Waals surface area contributed by atoms with Crippen molar-refractivity contribution in [3.05, 3.63) is 23.3 Å². The van der Waals surface area contributed by atoms with E-state index in [0.717, 1.165) is 32.1 Å². The van der Waals surface area contributed by atoms with Crippen molar-refractivity contribution in [1.82, 2.24) is 0 Å². The summed E-state index contributed by atoms with van der Waals surface area (Å²) < 4.78 is 0. The Morgan fingerprint density at radius 1 is 1.19 bits per heavy atom. The highest BCUT2D eigenvalue weighted by atomic mass is 16.3. The molecule has 0 aliphatic heterocycles. The van der Waals surface area contributed by atoms with Crippen molar-refractivity contribution in [2.75, 3.05) is 0 Å². The minimum atomic E-state index is -1.49. The molecule has 3 saturated carbocycles. The Labute approximate surface area is 188 Å². The first kappa shape index (κ1) is 24.7. The van der Waals surface area contributed by atoms with E-state index in [0.29, 0.717) is 24.2 Å². The van der Waals surface area contributed by atoms with E-state index in [9.17, 15) is 20.1 Å². The molecular formula is C27H44O4. The molecule has 4 heteroatoms. The molecule has 0 saturated heterocycles. The molecular weight excluding hydrogens is 388 g/mol. The molecule has 7 unspecified atom stereocenters. The number of hydrogen-bond donors (Lipinski definition) is 3. The first-order chi connectivity index (χ1) is 14.4. The lowest BCUT2D eigenvalue weighted by Gasteiger charge is -2.44. The fourth-order valence-electron chi connectivity index (χ4n) is 6.89. The predicted octanol–water partition coefficient (Wildman–Crippen LogP) is 4.96. The fraction of sp³-hybridized carbons (Fsp3) is 0.815. The summed E-state index contributed by atoms with van der Waals surface area (Å²) >= 11 is 0. The van der Waals surface area contributed by atoms with Gasteiger partial charge in [0.25, 0.3) is 0 Å². The second-order valence-electron chi connectivity index (χ2n) is 11.6. The lowest BCUT2D eigenvalue weighted by atomic mass is 9.60. The first-order valence-corrected chi connectivity index (χ1v) is 12.5. The summed E-state index contributed by atoms with van der Waals surface area (Å²) in [4.78, 5) is 12.3. The van der Waals surface area contributed by atoms with Crippen LogP contribution in [0.25, 0.3) is 0 Å². The van der Waals surface area contributed by atoms with Gasteiger partial charge in [0.15, 0.2) is 5.78 Å². The van der Waals surface area contributed by atoms with Crippen molar-refractivity contribution in [2.24, 2.45) is 29.1 Å². The van der Waals surface area contributed by atoms with Crippen LogP contribution in [0.4, 0.5) is 0 Å². The van der Waals surface area contributed by atoms with E-state index in [2.05, 4.69) is 32.9 Å². The number of ketones is 1. The van der Waals surface area contributed by atoms with Gasteiger partial charge in [0.2, 0.25) is 0 Å². The van der Waals surface area contributed by atoms with Crippen LogP contribution in [-0.2, 0) is 4.79 Å². The smallest absolute Gasteiger partial charge is 0.192 e. The van der Waals surface area contributed by atoms with Gasteiger partial charge in [-0.2, -0.15) is 0 Å². The number of hydrogen-bond acceptors (Lipinski definition) is 4. The van der Waals surface area contributed by atoms with Crippen molar-refractivity contribution < 1.29 is 20.1 Å². The van der Waals surface area contributed by atoms with Crippen LogP contribution in [-0.4, -0.2) is 38.9 Å². The second kappa shape index (κ2) is 9.49. The standard InChI is InChI=1S/C27H44O4/c1-17-8-11-21(28)16-20(17)10-9-19-7-6-14-27(5)22(12-13-23(19)27)18(2)15-24(29)25(30)26(3,4)31/h9-10,17-18,21-24,28-29,31H,6-8,11-16H2,1-5H3. The zero-order valence-electron chi connectivity index (χ0n) is 20.2. The fourth-order valence-corrected chi connectivity index (χ4v) is 6.89. The highest BCUT2D eigenvalue weighted by Crippen LogP contribution is 2.60. The summed E-state index contributed by atoms with van der Waals surface area (Å²) in [5.41, 5.74) is 1.65. The maximum absolute atomic E-state index is 12.3. The van der Waals surface area contributed by atoms with Gasteiger partial charge < -0.3 is 15.3 Å². The monoisotopic (exact) mass is 432 g/mol. The van der Waals surface area contributed by atoms with Crippen molar-refractivity contribution in [1.29, 1.82) is 0 Å². The lowest BCUT2D eigenvalue weighted by Crippen LogP contribution is -2.42. The zero-order chi connectivity index (χ0) is 23.0. The second-order valence-corrected chi connectivity index (χ2v) is 11.6. The van der Waals surface area contributed by atoms with E-state index in [4.69, 9.17) is 0 Å². The van der Waals surface area contributed by atoms with E-state index in [-0.39, 0.29) is 17.4 Å². The molecule has 0 amide bonds. The molecule has 0 aromatic heterocycles. The van der Waals surface area contributed by atoms with E-state index < -0.39 is 17.5 Å². The number of aliphatic hydroxyl groups is 3. The summed E-state index contributed by atoms with van der Waals surface area (Å²) in [5.74, 6) is 1.37. The van der Waals surface area contributed by atoms with Gasteiger partial charge in [-0.25, -0.2) is 0 Å². The molecule has 0 bridgehead atoms. The Morgan fingerprint density at radius 3 is 2.55 bits per heavy atom. The maximum Gasteiger partial charge on any atom is 0.192 e.